The molecule has 0 saturated carbocycles. The van der Waals surface area contributed by atoms with Crippen molar-refractivity contribution in [3.63, 3.8) is 0 Å². The van der Waals surface area contributed by atoms with Crippen LogP contribution in [-0.2, 0) is 16.1 Å². The first-order valence-electron chi connectivity index (χ1n) is 13.8. The number of methoxy groups -OCH3 is 1. The van der Waals surface area contributed by atoms with E-state index in [4.69, 9.17) is 9.47 Å². The number of aryl methyl sites for hydroxylation is 2. The molecule has 0 aliphatic carbocycles. The summed E-state index contributed by atoms with van der Waals surface area (Å²) in [5.41, 5.74) is 11.1. The van der Waals surface area contributed by atoms with Gasteiger partial charge in [0.2, 0.25) is 5.88 Å². The smallest absolute Gasteiger partial charge is 0.278 e. The predicted octanol–water partition coefficient (Wildman–Crippen LogP) is 6.37. The summed E-state index contributed by atoms with van der Waals surface area (Å²) in [4.78, 5) is 17.0. The molecule has 0 aliphatic heterocycles. The van der Waals surface area contributed by atoms with Crippen LogP contribution >= 0.6 is 0 Å². The van der Waals surface area contributed by atoms with Gasteiger partial charge in [0.1, 0.15) is 11.6 Å². The van der Waals surface area contributed by atoms with Crippen LogP contribution in [0.4, 0.5) is 0 Å². The standard InChI is InChI=1S/C35H31N5O3/c1-24-14-16-30(17-15-24)40-32(26-10-6-4-7-11-26)19-28(34(40)27-12-8-5-9-13-27)21-37-39-33(41)23-43-35-31(20-36)29(22-42-3)18-25(2)38-35/h4-19,21H,22-23H2,1-3H3,(H,39,41)/b37-21+. The first-order chi connectivity index (χ1) is 21.0. The van der Waals surface area contributed by atoms with Crippen molar-refractivity contribution in [3.05, 3.63) is 125 Å². The van der Waals surface area contributed by atoms with Crippen molar-refractivity contribution in [1.29, 1.82) is 5.26 Å². The molecule has 1 N–H and O–H groups in total. The second-order valence-corrected chi connectivity index (χ2v) is 9.97. The Morgan fingerprint density at radius 3 is 2.30 bits per heavy atom. The van der Waals surface area contributed by atoms with Crippen LogP contribution in [-0.4, -0.2) is 35.4 Å². The number of nitrogens with zero attached hydrogens (tertiary/aromatic N) is 4. The van der Waals surface area contributed by atoms with E-state index in [-0.39, 0.29) is 24.7 Å². The lowest BCUT2D eigenvalue weighted by atomic mass is 10.1. The van der Waals surface area contributed by atoms with E-state index in [2.05, 4.69) is 87.7 Å². The normalized spacial score (nSPS) is 10.9. The fraction of sp³-hybridized carbons (Fsp3) is 0.143. The monoisotopic (exact) mass is 569 g/mol. The summed E-state index contributed by atoms with van der Waals surface area (Å²) in [6.07, 6.45) is 1.64. The van der Waals surface area contributed by atoms with Gasteiger partial charge >= 0.3 is 0 Å². The molecule has 214 valence electrons. The molecule has 5 aromatic rings. The average molecular weight is 570 g/mol. The number of ether oxygens (including phenoxy) is 2. The summed E-state index contributed by atoms with van der Waals surface area (Å²) in [6.45, 7) is 3.72. The van der Waals surface area contributed by atoms with E-state index >= 15 is 0 Å². The topological polar surface area (TPSA) is 102 Å². The van der Waals surface area contributed by atoms with Crippen LogP contribution in [0, 0.1) is 25.2 Å². The van der Waals surface area contributed by atoms with Crippen molar-refractivity contribution >= 4 is 12.1 Å². The molecule has 2 heterocycles. The Bertz CT molecular complexity index is 1790. The Kier molecular flexibility index (Phi) is 9.05. The van der Waals surface area contributed by atoms with Crippen molar-refractivity contribution in [1.82, 2.24) is 15.0 Å². The number of carbonyl (C=O) groups is 1. The van der Waals surface area contributed by atoms with Crippen LogP contribution in [0.3, 0.4) is 0 Å². The van der Waals surface area contributed by atoms with E-state index in [1.807, 2.05) is 36.4 Å². The molecule has 2 aromatic heterocycles. The molecule has 0 radical (unpaired) electrons. The minimum Gasteiger partial charge on any atom is -0.467 e. The third-order valence-corrected chi connectivity index (χ3v) is 6.78. The molecule has 0 saturated heterocycles. The van der Waals surface area contributed by atoms with Gasteiger partial charge in [-0.2, -0.15) is 10.4 Å². The lowest BCUT2D eigenvalue weighted by molar-refractivity contribution is -0.123. The first-order valence-corrected chi connectivity index (χ1v) is 13.8. The van der Waals surface area contributed by atoms with E-state index in [9.17, 15) is 10.1 Å². The summed E-state index contributed by atoms with van der Waals surface area (Å²) in [6, 6.07) is 34.5. The highest BCUT2D eigenvalue weighted by Crippen LogP contribution is 2.35. The number of hydrogen-bond acceptors (Lipinski definition) is 6. The van der Waals surface area contributed by atoms with Gasteiger partial charge in [0.25, 0.3) is 5.91 Å². The Balaban J connectivity index is 1.46. The summed E-state index contributed by atoms with van der Waals surface area (Å²) in [7, 11) is 1.55. The number of pyridine rings is 1. The van der Waals surface area contributed by atoms with Crippen LogP contribution in [0.25, 0.3) is 28.2 Å². The summed E-state index contributed by atoms with van der Waals surface area (Å²) >= 11 is 0. The Labute approximate surface area is 250 Å². The molecule has 5 rings (SSSR count). The Hall–Kier alpha value is -5.52. The maximum absolute atomic E-state index is 12.7. The van der Waals surface area contributed by atoms with Crippen LogP contribution in [0.2, 0.25) is 0 Å². The zero-order valence-electron chi connectivity index (χ0n) is 24.2. The molecule has 0 aliphatic rings. The summed E-state index contributed by atoms with van der Waals surface area (Å²) in [5, 5.41) is 13.9. The number of amides is 1. The van der Waals surface area contributed by atoms with E-state index in [1.54, 1.807) is 26.3 Å². The number of hydrogen-bond donors (Lipinski definition) is 1. The molecule has 0 atom stereocenters. The van der Waals surface area contributed by atoms with Crippen molar-refractivity contribution < 1.29 is 14.3 Å². The largest absolute Gasteiger partial charge is 0.467 e. The second kappa shape index (κ2) is 13.4. The van der Waals surface area contributed by atoms with E-state index in [0.717, 1.165) is 33.8 Å². The van der Waals surface area contributed by atoms with Crippen LogP contribution in [0.5, 0.6) is 5.88 Å². The van der Waals surface area contributed by atoms with E-state index in [1.165, 1.54) is 5.56 Å². The van der Waals surface area contributed by atoms with E-state index in [0.29, 0.717) is 11.3 Å². The SMILES string of the molecule is COCc1cc(C)nc(OCC(=O)N/N=C/c2cc(-c3ccccc3)n(-c3ccc(C)cc3)c2-c2ccccc2)c1C#N. The van der Waals surface area contributed by atoms with Crippen molar-refractivity contribution in [2.24, 2.45) is 5.10 Å². The zero-order chi connectivity index (χ0) is 30.2. The fourth-order valence-corrected chi connectivity index (χ4v) is 4.85. The number of hydrazone groups is 1. The van der Waals surface area contributed by atoms with Gasteiger partial charge < -0.3 is 14.0 Å². The number of rotatable bonds is 10. The molecular formula is C35H31N5O3. The Morgan fingerprint density at radius 1 is 0.977 bits per heavy atom. The van der Waals surface area contributed by atoms with Crippen molar-refractivity contribution in [3.8, 4) is 40.2 Å². The minimum absolute atomic E-state index is 0.0859. The maximum atomic E-state index is 12.7. The third-order valence-electron chi connectivity index (χ3n) is 6.78. The van der Waals surface area contributed by atoms with Crippen LogP contribution < -0.4 is 10.2 Å². The minimum atomic E-state index is -0.487. The molecule has 0 fully saturated rings. The molecule has 3 aromatic carbocycles. The van der Waals surface area contributed by atoms with Gasteiger partial charge in [-0.15, -0.1) is 0 Å². The fourth-order valence-electron chi connectivity index (χ4n) is 4.85. The number of carbonyl (C=O) groups excluding carboxylic acids is 1. The quantitative estimate of drug-likeness (QED) is 0.156. The lowest BCUT2D eigenvalue weighted by Gasteiger charge is -2.15. The lowest BCUT2D eigenvalue weighted by Crippen LogP contribution is -2.25. The maximum Gasteiger partial charge on any atom is 0.278 e. The number of nitriles is 1. The highest BCUT2D eigenvalue weighted by molar-refractivity contribution is 5.94. The molecule has 1 amide bonds. The average Bonchev–Trinajstić information content (AvgIpc) is 3.40. The predicted molar refractivity (Wildman–Crippen MR) is 167 cm³/mol. The number of benzene rings is 3. The van der Waals surface area contributed by atoms with Gasteiger partial charge in [0, 0.05) is 29.6 Å². The van der Waals surface area contributed by atoms with Crippen molar-refractivity contribution in [2.45, 2.75) is 20.5 Å². The van der Waals surface area contributed by atoms with Gasteiger partial charge in [-0.05, 0) is 49.2 Å². The van der Waals surface area contributed by atoms with Gasteiger partial charge in [0.05, 0.1) is 24.2 Å². The van der Waals surface area contributed by atoms with Crippen LogP contribution in [0.1, 0.15) is 27.9 Å². The highest BCUT2D eigenvalue weighted by atomic mass is 16.5. The molecule has 0 bridgehead atoms. The number of nitrogens with one attached hydrogen (secondary N) is 1. The second-order valence-electron chi connectivity index (χ2n) is 9.97. The third kappa shape index (κ3) is 6.70. The molecule has 8 nitrogen and oxygen atoms in total. The van der Waals surface area contributed by atoms with Gasteiger partial charge in [-0.25, -0.2) is 10.4 Å². The van der Waals surface area contributed by atoms with Crippen molar-refractivity contribution in [2.75, 3.05) is 13.7 Å². The first kappa shape index (κ1) is 29.0. The molecule has 0 spiro atoms. The van der Waals surface area contributed by atoms with Gasteiger partial charge in [-0.3, -0.25) is 4.79 Å². The number of aromatic nitrogens is 2. The summed E-state index contributed by atoms with van der Waals surface area (Å²) in [5.74, 6) is -0.401. The zero-order valence-corrected chi connectivity index (χ0v) is 24.2. The Morgan fingerprint density at radius 2 is 1.65 bits per heavy atom. The molecular weight excluding hydrogens is 538 g/mol. The molecule has 8 heteroatoms. The van der Waals surface area contributed by atoms with Crippen LogP contribution in [0.15, 0.2) is 102 Å². The molecule has 0 unspecified atom stereocenters. The van der Waals surface area contributed by atoms with Gasteiger partial charge in [-0.1, -0.05) is 78.4 Å². The summed E-state index contributed by atoms with van der Waals surface area (Å²) < 4.78 is 13.0. The molecule has 43 heavy (non-hydrogen) atoms. The highest BCUT2D eigenvalue weighted by Gasteiger charge is 2.19. The van der Waals surface area contributed by atoms with Gasteiger partial charge in [0.15, 0.2) is 6.61 Å². The van der Waals surface area contributed by atoms with E-state index < -0.39 is 5.91 Å².